The summed E-state index contributed by atoms with van der Waals surface area (Å²) in [4.78, 5) is 11.5. The standard InChI is InChI=1S/C17H16O3/c1-11-3-4-12(2)13(7-11)9-19-14-5-6-15-16(18)10-20-17(15)8-14/h3-8H,9-10H2,1-2H3. The van der Waals surface area contributed by atoms with Crippen LogP contribution in [0.5, 0.6) is 11.5 Å². The van der Waals surface area contributed by atoms with Crippen molar-refractivity contribution >= 4 is 5.78 Å². The largest absolute Gasteiger partial charge is 0.489 e. The Balaban J connectivity index is 1.76. The second kappa shape index (κ2) is 5.00. The Labute approximate surface area is 118 Å². The maximum atomic E-state index is 11.5. The van der Waals surface area contributed by atoms with E-state index in [0.717, 1.165) is 5.75 Å². The molecule has 3 heteroatoms. The van der Waals surface area contributed by atoms with Gasteiger partial charge in [0.2, 0.25) is 5.78 Å². The minimum absolute atomic E-state index is 0.0288. The maximum absolute atomic E-state index is 11.5. The zero-order chi connectivity index (χ0) is 14.1. The lowest BCUT2D eigenvalue weighted by Crippen LogP contribution is -1.99. The molecular formula is C17H16O3. The Bertz CT molecular complexity index is 674. The number of aryl methyl sites for hydroxylation is 2. The van der Waals surface area contributed by atoms with Crippen LogP contribution in [-0.4, -0.2) is 12.4 Å². The van der Waals surface area contributed by atoms with E-state index < -0.39 is 0 Å². The number of ether oxygens (including phenoxy) is 2. The van der Waals surface area contributed by atoms with Gasteiger partial charge in [0.25, 0.3) is 0 Å². The molecule has 1 heterocycles. The second-order valence-electron chi connectivity index (χ2n) is 5.09. The number of benzene rings is 2. The third-order valence-electron chi connectivity index (χ3n) is 3.51. The average Bonchev–Trinajstić information content (AvgIpc) is 2.81. The summed E-state index contributed by atoms with van der Waals surface area (Å²) in [5, 5.41) is 0. The quantitative estimate of drug-likeness (QED) is 0.855. The maximum Gasteiger partial charge on any atom is 0.203 e. The first-order chi connectivity index (χ1) is 9.63. The zero-order valence-electron chi connectivity index (χ0n) is 11.6. The van der Waals surface area contributed by atoms with Gasteiger partial charge in [-0.1, -0.05) is 23.8 Å². The van der Waals surface area contributed by atoms with Crippen molar-refractivity contribution in [2.75, 3.05) is 6.61 Å². The van der Waals surface area contributed by atoms with Crippen molar-refractivity contribution in [2.24, 2.45) is 0 Å². The van der Waals surface area contributed by atoms with Crippen molar-refractivity contribution in [3.63, 3.8) is 0 Å². The highest BCUT2D eigenvalue weighted by Gasteiger charge is 2.21. The Kier molecular flexibility index (Phi) is 3.18. The lowest BCUT2D eigenvalue weighted by atomic mass is 10.1. The van der Waals surface area contributed by atoms with E-state index in [0.29, 0.717) is 17.9 Å². The molecule has 0 bridgehead atoms. The monoisotopic (exact) mass is 268 g/mol. The molecule has 0 radical (unpaired) electrons. The molecule has 2 aromatic rings. The van der Waals surface area contributed by atoms with Crippen molar-refractivity contribution in [1.82, 2.24) is 0 Å². The highest BCUT2D eigenvalue weighted by atomic mass is 16.5. The molecule has 0 saturated carbocycles. The van der Waals surface area contributed by atoms with E-state index in [1.54, 1.807) is 12.1 Å². The molecule has 0 atom stereocenters. The molecular weight excluding hydrogens is 252 g/mol. The summed E-state index contributed by atoms with van der Waals surface area (Å²) in [6, 6.07) is 11.7. The van der Waals surface area contributed by atoms with Gasteiger partial charge in [-0.2, -0.15) is 0 Å². The molecule has 2 aromatic carbocycles. The predicted octanol–water partition coefficient (Wildman–Crippen LogP) is 3.46. The molecule has 1 aliphatic heterocycles. The third kappa shape index (κ3) is 2.39. The average molecular weight is 268 g/mol. The Morgan fingerprint density at radius 3 is 2.85 bits per heavy atom. The van der Waals surface area contributed by atoms with Crippen LogP contribution in [0.25, 0.3) is 0 Å². The van der Waals surface area contributed by atoms with Crippen molar-refractivity contribution in [1.29, 1.82) is 0 Å². The van der Waals surface area contributed by atoms with Gasteiger partial charge >= 0.3 is 0 Å². The van der Waals surface area contributed by atoms with E-state index in [9.17, 15) is 4.79 Å². The van der Waals surface area contributed by atoms with Crippen LogP contribution in [0, 0.1) is 13.8 Å². The first kappa shape index (κ1) is 12.7. The molecule has 3 rings (SSSR count). The van der Waals surface area contributed by atoms with Crippen LogP contribution in [0.4, 0.5) is 0 Å². The zero-order valence-corrected chi connectivity index (χ0v) is 11.6. The lowest BCUT2D eigenvalue weighted by Gasteiger charge is -2.10. The fourth-order valence-electron chi connectivity index (χ4n) is 2.28. The summed E-state index contributed by atoms with van der Waals surface area (Å²) in [6.07, 6.45) is 0. The van der Waals surface area contributed by atoms with E-state index in [4.69, 9.17) is 9.47 Å². The van der Waals surface area contributed by atoms with E-state index in [1.807, 2.05) is 6.07 Å². The molecule has 1 aliphatic rings. The van der Waals surface area contributed by atoms with Crippen LogP contribution < -0.4 is 9.47 Å². The number of rotatable bonds is 3. The summed E-state index contributed by atoms with van der Waals surface area (Å²) >= 11 is 0. The lowest BCUT2D eigenvalue weighted by molar-refractivity contribution is 0.0961. The van der Waals surface area contributed by atoms with Crippen LogP contribution in [0.15, 0.2) is 36.4 Å². The van der Waals surface area contributed by atoms with Gasteiger partial charge in [-0.15, -0.1) is 0 Å². The number of ketones is 1. The van der Waals surface area contributed by atoms with Gasteiger partial charge in [-0.05, 0) is 37.1 Å². The number of carbonyl (C=O) groups is 1. The summed E-state index contributed by atoms with van der Waals surface area (Å²) in [6.45, 7) is 4.79. The van der Waals surface area contributed by atoms with Crippen LogP contribution in [0.3, 0.4) is 0 Å². The van der Waals surface area contributed by atoms with Crippen LogP contribution >= 0.6 is 0 Å². The van der Waals surface area contributed by atoms with Crippen molar-refractivity contribution < 1.29 is 14.3 Å². The summed E-state index contributed by atoms with van der Waals surface area (Å²) in [5.41, 5.74) is 4.24. The molecule has 20 heavy (non-hydrogen) atoms. The van der Waals surface area contributed by atoms with E-state index >= 15 is 0 Å². The second-order valence-corrected chi connectivity index (χ2v) is 5.09. The summed E-state index contributed by atoms with van der Waals surface area (Å²) < 4.78 is 11.1. The molecule has 0 spiro atoms. The minimum Gasteiger partial charge on any atom is -0.489 e. The number of hydrogen-bond acceptors (Lipinski definition) is 3. The molecule has 0 aromatic heterocycles. The third-order valence-corrected chi connectivity index (χ3v) is 3.51. The van der Waals surface area contributed by atoms with Crippen LogP contribution in [-0.2, 0) is 6.61 Å². The van der Waals surface area contributed by atoms with E-state index in [-0.39, 0.29) is 12.4 Å². The van der Waals surface area contributed by atoms with Gasteiger partial charge in [0, 0.05) is 6.07 Å². The molecule has 0 fully saturated rings. The van der Waals surface area contributed by atoms with E-state index in [1.165, 1.54) is 16.7 Å². The molecule has 3 nitrogen and oxygen atoms in total. The van der Waals surface area contributed by atoms with Crippen LogP contribution in [0.1, 0.15) is 27.0 Å². The van der Waals surface area contributed by atoms with Gasteiger partial charge in [-0.25, -0.2) is 0 Å². The van der Waals surface area contributed by atoms with Gasteiger partial charge in [0.05, 0.1) is 5.56 Å². The number of Topliss-reactive ketones (excluding diaryl/α,β-unsaturated/α-hetero) is 1. The number of hydrogen-bond donors (Lipinski definition) is 0. The fraction of sp³-hybridized carbons (Fsp3) is 0.235. The van der Waals surface area contributed by atoms with Gasteiger partial charge in [0.1, 0.15) is 18.1 Å². The van der Waals surface area contributed by atoms with Crippen molar-refractivity contribution in [3.8, 4) is 11.5 Å². The first-order valence-electron chi connectivity index (χ1n) is 6.62. The van der Waals surface area contributed by atoms with E-state index in [2.05, 4.69) is 32.0 Å². The number of fused-ring (bicyclic) bond motifs is 1. The van der Waals surface area contributed by atoms with Crippen molar-refractivity contribution in [3.05, 3.63) is 58.7 Å². The van der Waals surface area contributed by atoms with Gasteiger partial charge < -0.3 is 9.47 Å². The molecule has 0 N–H and O–H groups in total. The van der Waals surface area contributed by atoms with Crippen molar-refractivity contribution in [2.45, 2.75) is 20.5 Å². The Morgan fingerprint density at radius 2 is 2.00 bits per heavy atom. The Hall–Kier alpha value is -2.29. The molecule has 102 valence electrons. The fourth-order valence-corrected chi connectivity index (χ4v) is 2.28. The molecule has 0 unspecified atom stereocenters. The highest BCUT2D eigenvalue weighted by molar-refractivity contribution is 6.02. The topological polar surface area (TPSA) is 35.5 Å². The first-order valence-corrected chi connectivity index (χ1v) is 6.62. The Morgan fingerprint density at radius 1 is 1.15 bits per heavy atom. The van der Waals surface area contributed by atoms with Gasteiger partial charge in [0.15, 0.2) is 6.61 Å². The summed E-state index contributed by atoms with van der Waals surface area (Å²) in [7, 11) is 0. The highest BCUT2D eigenvalue weighted by Crippen LogP contribution is 2.30. The molecule has 0 saturated heterocycles. The summed E-state index contributed by atoms with van der Waals surface area (Å²) in [5.74, 6) is 1.37. The predicted molar refractivity (Wildman–Crippen MR) is 76.5 cm³/mol. The molecule has 0 aliphatic carbocycles. The van der Waals surface area contributed by atoms with Crippen LogP contribution in [0.2, 0.25) is 0 Å². The number of carbonyl (C=O) groups excluding carboxylic acids is 1. The molecule has 0 amide bonds. The SMILES string of the molecule is Cc1ccc(C)c(COc2ccc3c(c2)OCC3=O)c1. The smallest absolute Gasteiger partial charge is 0.203 e. The van der Waals surface area contributed by atoms with Gasteiger partial charge in [-0.3, -0.25) is 4.79 Å². The normalized spacial score (nSPS) is 13.0. The minimum atomic E-state index is 0.0288.